The van der Waals surface area contributed by atoms with Crippen LogP contribution in [0, 0.1) is 5.92 Å². The molecule has 1 aliphatic heterocycles. The lowest BCUT2D eigenvalue weighted by molar-refractivity contribution is -0.137. The molecule has 0 bridgehead atoms. The molecule has 0 fully saturated rings. The van der Waals surface area contributed by atoms with Gasteiger partial charge in [0.05, 0.1) is 54.4 Å². The predicted molar refractivity (Wildman–Crippen MR) is 197 cm³/mol. The zero-order valence-electron chi connectivity index (χ0n) is 31.2. The molecule has 0 spiro atoms. The van der Waals surface area contributed by atoms with Crippen LogP contribution in [0.4, 0.5) is 0 Å². The quantitative estimate of drug-likeness (QED) is 0.0361. The highest BCUT2D eigenvalue weighted by Gasteiger charge is 2.49. The second kappa shape index (κ2) is 16.8. The summed E-state index contributed by atoms with van der Waals surface area (Å²) in [5, 5.41) is 60.8. The second-order valence-corrected chi connectivity index (χ2v) is 14.6. The van der Waals surface area contributed by atoms with Gasteiger partial charge in [-0.3, -0.25) is 28.9 Å². The number of benzene rings is 2. The van der Waals surface area contributed by atoms with E-state index in [0.29, 0.717) is 19.3 Å². The average Bonchev–Trinajstić information content (AvgIpc) is 3.46. The molecule has 3 unspecified atom stereocenters. The number of unbranched alkanes of at least 4 members (excludes halogenated alkanes) is 2. The van der Waals surface area contributed by atoms with E-state index < -0.39 is 89.5 Å². The number of phenols is 2. The number of aliphatic hydroxyl groups is 3. The van der Waals surface area contributed by atoms with Gasteiger partial charge in [0.25, 0.3) is 11.8 Å². The fourth-order valence-electron chi connectivity index (χ4n) is 7.46. The fourth-order valence-corrected chi connectivity index (χ4v) is 7.46. The van der Waals surface area contributed by atoms with Gasteiger partial charge >= 0.3 is 0 Å². The number of rotatable bonds is 16. The molecule has 55 heavy (non-hydrogen) atoms. The Labute approximate surface area is 317 Å². The smallest absolute Gasteiger partial charge is 0.253 e. The van der Waals surface area contributed by atoms with Crippen molar-refractivity contribution >= 4 is 35.0 Å². The van der Waals surface area contributed by atoms with Gasteiger partial charge in [-0.05, 0) is 38.2 Å². The number of ether oxygens (including phenoxy) is 2. The monoisotopic (exact) mass is 764 g/mol. The maximum Gasteiger partial charge on any atom is 0.253 e. The topological polar surface area (TPSA) is 259 Å². The zero-order chi connectivity index (χ0) is 40.4. The van der Waals surface area contributed by atoms with Crippen molar-refractivity contribution in [2.24, 2.45) is 16.8 Å². The number of aliphatic hydroxyl groups excluding tert-OH is 2. The van der Waals surface area contributed by atoms with E-state index in [0.717, 1.165) is 4.90 Å². The molecule has 8 N–H and O–H groups in total. The maximum absolute atomic E-state index is 14.0. The van der Waals surface area contributed by atoms with Crippen LogP contribution in [0.15, 0.2) is 35.5 Å². The van der Waals surface area contributed by atoms with E-state index >= 15 is 0 Å². The van der Waals surface area contributed by atoms with Crippen molar-refractivity contribution in [2.75, 3.05) is 20.3 Å². The van der Waals surface area contributed by atoms with Crippen LogP contribution in [0.1, 0.15) is 108 Å². The number of nitrogens with two attached hydrogens (primary N) is 1. The van der Waals surface area contributed by atoms with Crippen LogP contribution in [-0.4, -0.2) is 110 Å². The Kier molecular flexibility index (Phi) is 12.6. The van der Waals surface area contributed by atoms with E-state index in [4.69, 9.17) is 15.2 Å². The molecule has 2 aromatic carbocycles. The molecule has 0 radical (unpaired) electrons. The molecule has 16 nitrogen and oxygen atoms in total. The first-order valence-corrected chi connectivity index (χ1v) is 18.2. The highest BCUT2D eigenvalue weighted by molar-refractivity contribution is 6.31. The summed E-state index contributed by atoms with van der Waals surface area (Å²) in [7, 11) is 1.33. The van der Waals surface area contributed by atoms with Crippen LogP contribution in [0.2, 0.25) is 0 Å². The Morgan fingerprint density at radius 3 is 2.33 bits per heavy atom. The van der Waals surface area contributed by atoms with Crippen LogP contribution in [0.25, 0.3) is 0 Å². The maximum atomic E-state index is 14.0. The molecule has 5 rings (SSSR count). The number of hydrazone groups is 1. The summed E-state index contributed by atoms with van der Waals surface area (Å²) in [6.45, 7) is 4.62. The van der Waals surface area contributed by atoms with Crippen molar-refractivity contribution in [1.29, 1.82) is 0 Å². The SMILES string of the molecule is COc1cccc2c1C(=O)c1c(O)c3c(c(O)c1C2=O)CC(O)(/C(CO)=N/NC(=O)CCCCCN1C(=O)C=CC1=O)C[C@@H]3O[C@H](C)CC(N)C(O)C(C)C. The van der Waals surface area contributed by atoms with Gasteiger partial charge in [0.1, 0.15) is 22.8 Å². The normalized spacial score (nSPS) is 21.0. The van der Waals surface area contributed by atoms with Gasteiger partial charge in [0, 0.05) is 60.7 Å². The number of carbonyl (C=O) groups excluding carboxylic acids is 5. The third-order valence-electron chi connectivity index (χ3n) is 10.4. The number of nitrogens with one attached hydrogen (secondary N) is 1. The summed E-state index contributed by atoms with van der Waals surface area (Å²) in [4.78, 5) is 65.2. The molecule has 5 atom stereocenters. The molecule has 0 aromatic heterocycles. The van der Waals surface area contributed by atoms with Crippen LogP contribution >= 0.6 is 0 Å². The molecular formula is C39H48N4O12. The third-order valence-corrected chi connectivity index (χ3v) is 10.4. The van der Waals surface area contributed by atoms with Crippen molar-refractivity contribution in [3.63, 3.8) is 0 Å². The van der Waals surface area contributed by atoms with E-state index in [1.54, 1.807) is 20.8 Å². The third kappa shape index (κ3) is 8.18. The molecule has 0 saturated carbocycles. The predicted octanol–water partition coefficient (Wildman–Crippen LogP) is 1.69. The minimum Gasteiger partial charge on any atom is -0.507 e. The molecule has 296 valence electrons. The summed E-state index contributed by atoms with van der Waals surface area (Å²) >= 11 is 0. The highest BCUT2D eigenvalue weighted by Crippen LogP contribution is 2.52. The fraction of sp³-hybridized carbons (Fsp3) is 0.487. The summed E-state index contributed by atoms with van der Waals surface area (Å²) in [6, 6.07) is 3.66. The molecule has 3 amide bonds. The lowest BCUT2D eigenvalue weighted by Gasteiger charge is -2.41. The summed E-state index contributed by atoms with van der Waals surface area (Å²) in [5.41, 5.74) is 4.85. The number of nitrogens with zero attached hydrogens (tertiary/aromatic N) is 2. The average molecular weight is 765 g/mol. The van der Waals surface area contributed by atoms with Gasteiger partial charge in [-0.25, -0.2) is 5.43 Å². The van der Waals surface area contributed by atoms with Crippen LogP contribution < -0.4 is 15.9 Å². The van der Waals surface area contributed by atoms with Gasteiger partial charge < -0.3 is 40.7 Å². The van der Waals surface area contributed by atoms with E-state index in [1.165, 1.54) is 37.5 Å². The molecule has 3 aliphatic rings. The summed E-state index contributed by atoms with van der Waals surface area (Å²) in [5.74, 6) is -4.28. The largest absolute Gasteiger partial charge is 0.507 e. The number of imide groups is 1. The zero-order valence-corrected chi connectivity index (χ0v) is 31.2. The number of methoxy groups -OCH3 is 1. The minimum atomic E-state index is -2.12. The standard InChI is InChI=1S/C39H48N4O12/c1-19(2)34(48)23(40)15-20(3)55-25-17-39(53,26(18-44)41-42-27(45)11-6-5-7-14-43-28(46)12-13-29(43)47)16-22-31(25)38(52)33-32(36(22)50)35(49)21-9-8-10-24(54-4)30(21)37(33)51/h8-10,12-13,19-20,23,25,34,44,48,50,52-53H,5-7,11,14-18,40H2,1-4H3,(H,42,45)/b41-26+/t20-,23?,25+,34?,39?/m1/s1. The molecule has 0 saturated heterocycles. The number of carbonyl (C=O) groups is 5. The van der Waals surface area contributed by atoms with Crippen LogP contribution in [0.3, 0.4) is 0 Å². The second-order valence-electron chi connectivity index (χ2n) is 14.6. The summed E-state index contributed by atoms with van der Waals surface area (Å²) in [6.07, 6.45) is 0.101. The minimum absolute atomic E-state index is 0.00144. The molecule has 2 aromatic rings. The number of phenolic OH excluding ortho intramolecular Hbond substituents is 2. The van der Waals surface area contributed by atoms with Gasteiger partial charge in [-0.15, -0.1) is 0 Å². The van der Waals surface area contributed by atoms with E-state index in [2.05, 4.69) is 10.5 Å². The Balaban J connectivity index is 1.44. The first-order valence-electron chi connectivity index (χ1n) is 18.2. The molecule has 1 heterocycles. The molecular weight excluding hydrogens is 716 g/mol. The molecule has 16 heteroatoms. The van der Waals surface area contributed by atoms with Crippen molar-refractivity contribution in [3.05, 3.63) is 63.7 Å². The van der Waals surface area contributed by atoms with Crippen molar-refractivity contribution in [1.82, 2.24) is 10.3 Å². The Bertz CT molecular complexity index is 1920. The number of ketones is 2. The Hall–Kier alpha value is -5.00. The molecule has 2 aliphatic carbocycles. The number of hydrogen-bond donors (Lipinski definition) is 7. The van der Waals surface area contributed by atoms with Crippen LogP contribution in [0.5, 0.6) is 17.2 Å². The van der Waals surface area contributed by atoms with Crippen molar-refractivity contribution in [3.8, 4) is 17.2 Å². The number of amides is 3. The number of aromatic hydroxyl groups is 2. The van der Waals surface area contributed by atoms with E-state index in [1.807, 2.05) is 0 Å². The number of fused-ring (bicyclic) bond motifs is 3. The number of hydrogen-bond acceptors (Lipinski definition) is 14. The van der Waals surface area contributed by atoms with Crippen molar-refractivity contribution < 1.29 is 59.0 Å². The van der Waals surface area contributed by atoms with Gasteiger partial charge in [-0.2, -0.15) is 5.10 Å². The Morgan fingerprint density at radius 2 is 1.69 bits per heavy atom. The van der Waals surface area contributed by atoms with E-state index in [-0.39, 0.29) is 70.8 Å². The van der Waals surface area contributed by atoms with Crippen molar-refractivity contribution in [2.45, 2.75) is 95.7 Å². The first-order chi connectivity index (χ1) is 26.0. The van der Waals surface area contributed by atoms with Crippen LogP contribution in [-0.2, 0) is 25.5 Å². The first kappa shape index (κ1) is 41.2. The lowest BCUT2D eigenvalue weighted by atomic mass is 9.71. The summed E-state index contributed by atoms with van der Waals surface area (Å²) < 4.78 is 11.7. The van der Waals surface area contributed by atoms with Gasteiger partial charge in [-0.1, -0.05) is 32.4 Å². The highest BCUT2D eigenvalue weighted by atomic mass is 16.5. The van der Waals surface area contributed by atoms with Gasteiger partial charge in [0.15, 0.2) is 5.78 Å². The Morgan fingerprint density at radius 1 is 1.02 bits per heavy atom. The van der Waals surface area contributed by atoms with E-state index in [9.17, 15) is 49.5 Å². The van der Waals surface area contributed by atoms with Gasteiger partial charge in [0.2, 0.25) is 11.7 Å². The lowest BCUT2D eigenvalue weighted by Crippen LogP contribution is -2.49.